The monoisotopic (exact) mass is 360 g/mol. The summed E-state index contributed by atoms with van der Waals surface area (Å²) in [5, 5.41) is 65.3. The predicted octanol–water partition coefficient (Wildman–Crippen LogP) is -3.86. The normalized spacial score (nSPS) is 36.0. The second-order valence-corrected chi connectivity index (χ2v) is 5.56. The lowest BCUT2D eigenvalue weighted by Gasteiger charge is -2.41. The van der Waals surface area contributed by atoms with Gasteiger partial charge < -0.3 is 50.0 Å². The second-order valence-electron chi connectivity index (χ2n) is 5.20. The van der Waals surface area contributed by atoms with E-state index >= 15 is 0 Å². The molecule has 0 spiro atoms. The summed E-state index contributed by atoms with van der Waals surface area (Å²) in [7, 11) is 0. The number of aliphatic hydroxyl groups is 7. The Balaban J connectivity index is 2.67. The summed E-state index contributed by atoms with van der Waals surface area (Å²) in [6, 6.07) is 0. The molecule has 0 aromatic rings. The Bertz CT molecular complexity index is 344. The molecule has 1 aliphatic rings. The zero-order valence-electron chi connectivity index (χ0n) is 12.4. The van der Waals surface area contributed by atoms with Crippen molar-refractivity contribution in [3.8, 4) is 0 Å². The number of aliphatic hydroxyl groups excluding tert-OH is 6. The highest BCUT2D eigenvalue weighted by atomic mass is 32.1. The average Bonchev–Trinajstić information content (AvgIpc) is 2.52. The van der Waals surface area contributed by atoms with Crippen LogP contribution in [0.1, 0.15) is 6.92 Å². The summed E-state index contributed by atoms with van der Waals surface area (Å²) in [5.74, 6) is 0.0640. The Kier molecular flexibility index (Phi) is 8.61. The van der Waals surface area contributed by atoms with Crippen LogP contribution in [-0.2, 0) is 14.2 Å². The SMILES string of the molecule is C[C@@H](OC1OC(CS)C(O)C(O)C1O)C(CO)OC(O)C(O)O. The fourth-order valence-corrected chi connectivity index (χ4v) is 2.33. The zero-order chi connectivity index (χ0) is 17.7. The lowest BCUT2D eigenvalue weighted by Crippen LogP contribution is -2.59. The van der Waals surface area contributed by atoms with E-state index < -0.39 is 62.1 Å². The Labute approximate surface area is 138 Å². The number of thiol groups is 1. The molecule has 0 aromatic carbocycles. The molecule has 1 saturated heterocycles. The Morgan fingerprint density at radius 3 is 2.17 bits per heavy atom. The van der Waals surface area contributed by atoms with Crippen LogP contribution in [-0.4, -0.2) is 104 Å². The van der Waals surface area contributed by atoms with Crippen molar-refractivity contribution in [2.75, 3.05) is 12.4 Å². The van der Waals surface area contributed by atoms with Crippen molar-refractivity contribution in [3.05, 3.63) is 0 Å². The molecule has 8 atom stereocenters. The van der Waals surface area contributed by atoms with Crippen LogP contribution in [0.2, 0.25) is 0 Å². The van der Waals surface area contributed by atoms with Crippen molar-refractivity contribution < 1.29 is 50.0 Å². The summed E-state index contributed by atoms with van der Waals surface area (Å²) < 4.78 is 15.5. The highest BCUT2D eigenvalue weighted by Crippen LogP contribution is 2.24. The topological polar surface area (TPSA) is 169 Å². The van der Waals surface area contributed by atoms with Crippen LogP contribution in [0.25, 0.3) is 0 Å². The van der Waals surface area contributed by atoms with Gasteiger partial charge >= 0.3 is 0 Å². The fourth-order valence-electron chi connectivity index (χ4n) is 2.03. The van der Waals surface area contributed by atoms with Crippen LogP contribution in [0.5, 0.6) is 0 Å². The van der Waals surface area contributed by atoms with Crippen LogP contribution in [0.4, 0.5) is 0 Å². The van der Waals surface area contributed by atoms with E-state index in [0.29, 0.717) is 0 Å². The molecule has 0 bridgehead atoms. The predicted molar refractivity (Wildman–Crippen MR) is 77.3 cm³/mol. The van der Waals surface area contributed by atoms with E-state index in [-0.39, 0.29) is 5.75 Å². The maximum atomic E-state index is 9.88. The standard InChI is InChI=1S/C12H24O10S/c1-4(5(2-13)21-11(19)10(17)18)20-12-9(16)8(15)7(14)6(3-23)22-12/h4-19,23H,2-3H2,1H3/t4-,5?,6?,7?,8?,9?,11?,12?/m1/s1. The van der Waals surface area contributed by atoms with E-state index in [4.69, 9.17) is 24.4 Å². The molecule has 0 saturated carbocycles. The molecule has 7 N–H and O–H groups in total. The summed E-state index contributed by atoms with van der Waals surface area (Å²) in [6.07, 6.45) is -12.9. The van der Waals surface area contributed by atoms with Gasteiger partial charge in [-0.1, -0.05) is 0 Å². The summed E-state index contributed by atoms with van der Waals surface area (Å²) in [6.45, 7) is 0.787. The van der Waals surface area contributed by atoms with Crippen LogP contribution >= 0.6 is 12.6 Å². The number of ether oxygens (including phenoxy) is 3. The third-order valence-corrected chi connectivity index (χ3v) is 3.83. The molecular formula is C12H24O10S. The molecule has 1 heterocycles. The van der Waals surface area contributed by atoms with E-state index in [9.17, 15) is 25.5 Å². The van der Waals surface area contributed by atoms with Gasteiger partial charge in [-0.3, -0.25) is 0 Å². The Hall–Kier alpha value is -0.0500. The fraction of sp³-hybridized carbons (Fsp3) is 1.00. The smallest absolute Gasteiger partial charge is 0.206 e. The molecule has 1 fully saturated rings. The zero-order valence-corrected chi connectivity index (χ0v) is 13.3. The van der Waals surface area contributed by atoms with Crippen molar-refractivity contribution in [2.45, 2.75) is 62.4 Å². The van der Waals surface area contributed by atoms with Gasteiger partial charge in [0.1, 0.15) is 24.4 Å². The Morgan fingerprint density at radius 1 is 1.09 bits per heavy atom. The molecule has 0 aromatic heterocycles. The minimum atomic E-state index is -2.17. The largest absolute Gasteiger partial charge is 0.394 e. The maximum absolute atomic E-state index is 9.88. The van der Waals surface area contributed by atoms with Crippen molar-refractivity contribution in [3.63, 3.8) is 0 Å². The maximum Gasteiger partial charge on any atom is 0.206 e. The van der Waals surface area contributed by atoms with Crippen molar-refractivity contribution in [1.82, 2.24) is 0 Å². The first-order valence-electron chi connectivity index (χ1n) is 6.99. The number of rotatable bonds is 8. The molecule has 0 aliphatic carbocycles. The third kappa shape index (κ3) is 5.47. The molecule has 0 amide bonds. The van der Waals surface area contributed by atoms with E-state index in [1.54, 1.807) is 0 Å². The highest BCUT2D eigenvalue weighted by molar-refractivity contribution is 7.80. The van der Waals surface area contributed by atoms with Gasteiger partial charge in [-0.25, -0.2) is 0 Å². The van der Waals surface area contributed by atoms with Crippen LogP contribution < -0.4 is 0 Å². The number of hydrogen-bond donors (Lipinski definition) is 8. The molecule has 1 rings (SSSR count). The minimum absolute atomic E-state index is 0.0640. The molecule has 7 unspecified atom stereocenters. The van der Waals surface area contributed by atoms with E-state index in [0.717, 1.165) is 0 Å². The first kappa shape index (κ1) is 21.0. The summed E-state index contributed by atoms with van der Waals surface area (Å²) >= 11 is 3.96. The van der Waals surface area contributed by atoms with Gasteiger partial charge in [0, 0.05) is 5.75 Å². The molecule has 23 heavy (non-hydrogen) atoms. The van der Waals surface area contributed by atoms with E-state index in [1.807, 2.05) is 0 Å². The van der Waals surface area contributed by atoms with Crippen LogP contribution in [0, 0.1) is 0 Å². The molecular weight excluding hydrogens is 336 g/mol. The van der Waals surface area contributed by atoms with Gasteiger partial charge in [0.15, 0.2) is 6.29 Å². The molecule has 0 radical (unpaired) electrons. The molecule has 11 heteroatoms. The molecule has 138 valence electrons. The number of hydrogen-bond acceptors (Lipinski definition) is 11. The van der Waals surface area contributed by atoms with Gasteiger partial charge in [0.25, 0.3) is 0 Å². The third-order valence-electron chi connectivity index (χ3n) is 3.47. The highest BCUT2D eigenvalue weighted by Gasteiger charge is 2.44. The summed E-state index contributed by atoms with van der Waals surface area (Å²) in [4.78, 5) is 0. The second kappa shape index (κ2) is 9.44. The van der Waals surface area contributed by atoms with Gasteiger partial charge in [0.05, 0.1) is 18.8 Å². The molecule has 10 nitrogen and oxygen atoms in total. The molecule has 1 aliphatic heterocycles. The lowest BCUT2D eigenvalue weighted by atomic mass is 10.00. The summed E-state index contributed by atoms with van der Waals surface area (Å²) in [5.41, 5.74) is 0. The Morgan fingerprint density at radius 2 is 1.70 bits per heavy atom. The lowest BCUT2D eigenvalue weighted by molar-refractivity contribution is -0.321. The van der Waals surface area contributed by atoms with E-state index in [1.165, 1.54) is 6.92 Å². The van der Waals surface area contributed by atoms with Crippen LogP contribution in [0.15, 0.2) is 0 Å². The average molecular weight is 360 g/mol. The van der Waals surface area contributed by atoms with Crippen molar-refractivity contribution in [1.29, 1.82) is 0 Å². The minimum Gasteiger partial charge on any atom is -0.394 e. The van der Waals surface area contributed by atoms with E-state index in [2.05, 4.69) is 12.6 Å². The van der Waals surface area contributed by atoms with Gasteiger partial charge in [-0.15, -0.1) is 0 Å². The van der Waals surface area contributed by atoms with Gasteiger partial charge in [-0.2, -0.15) is 12.6 Å². The van der Waals surface area contributed by atoms with Gasteiger partial charge in [-0.05, 0) is 6.92 Å². The van der Waals surface area contributed by atoms with Gasteiger partial charge in [0.2, 0.25) is 12.6 Å². The van der Waals surface area contributed by atoms with Crippen LogP contribution in [0.3, 0.4) is 0 Å². The quantitative estimate of drug-likeness (QED) is 0.158. The first-order chi connectivity index (χ1) is 10.7. The first-order valence-corrected chi connectivity index (χ1v) is 7.62. The van der Waals surface area contributed by atoms with Crippen molar-refractivity contribution >= 4 is 12.6 Å². The van der Waals surface area contributed by atoms with Crippen molar-refractivity contribution in [2.24, 2.45) is 0 Å².